The zero-order chi connectivity index (χ0) is 13.1. The lowest BCUT2D eigenvalue weighted by molar-refractivity contribution is 0.467. The van der Waals surface area contributed by atoms with Gasteiger partial charge in [-0.2, -0.15) is 0 Å². The second kappa shape index (κ2) is 5.72. The van der Waals surface area contributed by atoms with Crippen molar-refractivity contribution in [3.8, 4) is 11.5 Å². The number of aromatic nitrogens is 1. The molecule has 0 unspecified atom stereocenters. The minimum atomic E-state index is 0.685. The maximum absolute atomic E-state index is 5.94. The van der Waals surface area contributed by atoms with E-state index >= 15 is 0 Å². The van der Waals surface area contributed by atoms with E-state index in [0.717, 1.165) is 28.1 Å². The molecule has 1 aliphatic carbocycles. The summed E-state index contributed by atoms with van der Waals surface area (Å²) in [4.78, 5) is 4.15. The van der Waals surface area contributed by atoms with E-state index in [1.165, 1.54) is 12.8 Å². The molecule has 2 aromatic rings. The first-order chi connectivity index (χ1) is 9.33. The van der Waals surface area contributed by atoms with Crippen LogP contribution in [0.3, 0.4) is 0 Å². The van der Waals surface area contributed by atoms with Crippen LogP contribution in [0.5, 0.6) is 11.5 Å². The average Bonchev–Trinajstić information content (AvgIpc) is 3.24. The van der Waals surface area contributed by atoms with Crippen LogP contribution in [0.2, 0.25) is 0 Å². The van der Waals surface area contributed by atoms with Crippen molar-refractivity contribution in [2.24, 2.45) is 0 Å². The summed E-state index contributed by atoms with van der Waals surface area (Å²) in [6, 6.07) is 10.5. The van der Waals surface area contributed by atoms with Crippen molar-refractivity contribution in [3.05, 3.63) is 52.8 Å². The number of hydrogen-bond acceptors (Lipinski definition) is 3. The highest BCUT2D eigenvalue weighted by atomic mass is 79.9. The Kier molecular flexibility index (Phi) is 3.80. The van der Waals surface area contributed by atoms with Gasteiger partial charge in [-0.15, -0.1) is 0 Å². The molecule has 0 spiro atoms. The molecule has 1 aromatic carbocycles. The smallest absolute Gasteiger partial charge is 0.150 e. The number of halogens is 1. The highest BCUT2D eigenvalue weighted by molar-refractivity contribution is 9.10. The molecule has 1 saturated carbocycles. The van der Waals surface area contributed by atoms with Crippen LogP contribution in [-0.2, 0) is 6.54 Å². The molecular formula is C15H15BrN2O. The summed E-state index contributed by atoms with van der Waals surface area (Å²) in [7, 11) is 0. The van der Waals surface area contributed by atoms with Crippen LogP contribution < -0.4 is 10.1 Å². The standard InChI is InChI=1S/C15H15BrN2O/c16-13-3-1-2-4-14(13)19-15-10-17-8-7-11(15)9-18-12-5-6-12/h1-4,7-8,10,12,18H,5-6,9H2. The van der Waals surface area contributed by atoms with Gasteiger partial charge in [-0.25, -0.2) is 0 Å². The van der Waals surface area contributed by atoms with Crippen LogP contribution >= 0.6 is 15.9 Å². The van der Waals surface area contributed by atoms with Crippen LogP contribution in [-0.4, -0.2) is 11.0 Å². The lowest BCUT2D eigenvalue weighted by Crippen LogP contribution is -2.15. The summed E-state index contributed by atoms with van der Waals surface area (Å²) in [5, 5.41) is 3.49. The summed E-state index contributed by atoms with van der Waals surface area (Å²) >= 11 is 3.49. The van der Waals surface area contributed by atoms with Gasteiger partial charge < -0.3 is 10.1 Å². The number of hydrogen-bond donors (Lipinski definition) is 1. The van der Waals surface area contributed by atoms with Gasteiger partial charge >= 0.3 is 0 Å². The number of ether oxygens (including phenoxy) is 1. The van der Waals surface area contributed by atoms with Gasteiger partial charge in [0.05, 0.1) is 10.7 Å². The van der Waals surface area contributed by atoms with E-state index in [4.69, 9.17) is 4.74 Å². The molecule has 0 bridgehead atoms. The number of nitrogens with one attached hydrogen (secondary N) is 1. The van der Waals surface area contributed by atoms with Gasteiger partial charge in [-0.1, -0.05) is 12.1 Å². The van der Waals surface area contributed by atoms with E-state index in [2.05, 4.69) is 26.2 Å². The maximum Gasteiger partial charge on any atom is 0.150 e. The maximum atomic E-state index is 5.94. The molecule has 3 rings (SSSR count). The molecule has 0 saturated heterocycles. The molecule has 3 nitrogen and oxygen atoms in total. The summed E-state index contributed by atoms with van der Waals surface area (Å²) in [6.07, 6.45) is 6.14. The zero-order valence-electron chi connectivity index (χ0n) is 10.5. The van der Waals surface area contributed by atoms with Gasteiger partial charge in [0.15, 0.2) is 0 Å². The molecule has 4 heteroatoms. The predicted molar refractivity (Wildman–Crippen MR) is 78.3 cm³/mol. The van der Waals surface area contributed by atoms with Gasteiger partial charge in [-0.05, 0) is 47.0 Å². The van der Waals surface area contributed by atoms with Gasteiger partial charge in [0.1, 0.15) is 11.5 Å². The van der Waals surface area contributed by atoms with E-state index < -0.39 is 0 Å². The first-order valence-electron chi connectivity index (χ1n) is 6.41. The number of para-hydroxylation sites is 1. The molecule has 0 atom stereocenters. The normalized spacial score (nSPS) is 14.4. The van der Waals surface area contributed by atoms with Crippen molar-refractivity contribution in [3.63, 3.8) is 0 Å². The molecule has 98 valence electrons. The molecule has 19 heavy (non-hydrogen) atoms. The topological polar surface area (TPSA) is 34.1 Å². The summed E-state index contributed by atoms with van der Waals surface area (Å²) in [6.45, 7) is 0.826. The van der Waals surface area contributed by atoms with Gasteiger partial charge in [0, 0.05) is 24.3 Å². The van der Waals surface area contributed by atoms with Crippen LogP contribution in [0.25, 0.3) is 0 Å². The number of rotatable bonds is 5. The van der Waals surface area contributed by atoms with Crippen LogP contribution in [0, 0.1) is 0 Å². The Morgan fingerprint density at radius 1 is 1.21 bits per heavy atom. The van der Waals surface area contributed by atoms with Crippen molar-refractivity contribution in [1.82, 2.24) is 10.3 Å². The average molecular weight is 319 g/mol. The van der Waals surface area contributed by atoms with E-state index in [9.17, 15) is 0 Å². The van der Waals surface area contributed by atoms with E-state index in [0.29, 0.717) is 6.04 Å². The van der Waals surface area contributed by atoms with Crippen molar-refractivity contribution >= 4 is 15.9 Å². The van der Waals surface area contributed by atoms with E-state index in [1.54, 1.807) is 12.4 Å². The highest BCUT2D eigenvalue weighted by Gasteiger charge is 2.20. The number of benzene rings is 1. The molecule has 1 aromatic heterocycles. The second-order valence-corrected chi connectivity index (χ2v) is 5.53. The fraction of sp³-hybridized carbons (Fsp3) is 0.267. The molecule has 1 aliphatic rings. The summed E-state index contributed by atoms with van der Waals surface area (Å²) in [5.41, 5.74) is 1.14. The van der Waals surface area contributed by atoms with Crippen LogP contribution in [0.4, 0.5) is 0 Å². The Bertz CT molecular complexity index is 570. The Labute approximate surface area is 121 Å². The minimum Gasteiger partial charge on any atom is -0.454 e. The fourth-order valence-electron chi connectivity index (χ4n) is 1.83. The largest absolute Gasteiger partial charge is 0.454 e. The third-order valence-corrected chi connectivity index (χ3v) is 3.74. The molecule has 1 fully saturated rings. The third-order valence-electron chi connectivity index (χ3n) is 3.09. The van der Waals surface area contributed by atoms with Crippen molar-refractivity contribution in [1.29, 1.82) is 0 Å². The van der Waals surface area contributed by atoms with E-state index in [1.807, 2.05) is 30.3 Å². The number of nitrogens with zero attached hydrogens (tertiary/aromatic N) is 1. The SMILES string of the molecule is Brc1ccccc1Oc1cnccc1CNC1CC1. The molecule has 1 heterocycles. The quantitative estimate of drug-likeness (QED) is 0.908. The fourth-order valence-corrected chi connectivity index (χ4v) is 2.20. The van der Waals surface area contributed by atoms with E-state index in [-0.39, 0.29) is 0 Å². The Hall–Kier alpha value is -1.39. The first-order valence-corrected chi connectivity index (χ1v) is 7.21. The monoisotopic (exact) mass is 318 g/mol. The minimum absolute atomic E-state index is 0.685. The zero-order valence-corrected chi connectivity index (χ0v) is 12.1. The van der Waals surface area contributed by atoms with Crippen molar-refractivity contribution in [2.75, 3.05) is 0 Å². The highest BCUT2D eigenvalue weighted by Crippen LogP contribution is 2.31. The van der Waals surface area contributed by atoms with Crippen LogP contribution in [0.15, 0.2) is 47.2 Å². The van der Waals surface area contributed by atoms with Crippen LogP contribution in [0.1, 0.15) is 18.4 Å². The third kappa shape index (κ3) is 3.33. The summed E-state index contributed by atoms with van der Waals surface area (Å²) < 4.78 is 6.89. The molecule has 0 amide bonds. The lowest BCUT2D eigenvalue weighted by Gasteiger charge is -2.12. The van der Waals surface area contributed by atoms with Gasteiger partial charge in [0.25, 0.3) is 0 Å². The summed E-state index contributed by atoms with van der Waals surface area (Å²) in [5.74, 6) is 1.62. The predicted octanol–water partition coefficient (Wildman–Crippen LogP) is 3.89. The Balaban J connectivity index is 1.77. The Morgan fingerprint density at radius 3 is 2.84 bits per heavy atom. The Morgan fingerprint density at radius 2 is 2.05 bits per heavy atom. The molecule has 0 aliphatic heterocycles. The van der Waals surface area contributed by atoms with Crippen molar-refractivity contribution in [2.45, 2.75) is 25.4 Å². The molecule has 1 N–H and O–H groups in total. The first kappa shape index (κ1) is 12.6. The van der Waals surface area contributed by atoms with Gasteiger partial charge in [0.2, 0.25) is 0 Å². The lowest BCUT2D eigenvalue weighted by atomic mass is 10.2. The van der Waals surface area contributed by atoms with Crippen molar-refractivity contribution < 1.29 is 4.74 Å². The molecule has 0 radical (unpaired) electrons. The molecular weight excluding hydrogens is 304 g/mol. The second-order valence-electron chi connectivity index (χ2n) is 4.67. The number of pyridine rings is 1. The van der Waals surface area contributed by atoms with Gasteiger partial charge in [-0.3, -0.25) is 4.98 Å².